The number of benzene rings is 2. The summed E-state index contributed by atoms with van der Waals surface area (Å²) in [5.41, 5.74) is 3.24. The third-order valence-electron chi connectivity index (χ3n) is 7.07. The molecule has 1 unspecified atom stereocenters. The van der Waals surface area contributed by atoms with Crippen molar-refractivity contribution in [2.45, 2.75) is 40.2 Å². The maximum absolute atomic E-state index is 13.1. The second kappa shape index (κ2) is 11.3. The van der Waals surface area contributed by atoms with Gasteiger partial charge in [-0.15, -0.1) is 0 Å². The Morgan fingerprint density at radius 1 is 1.18 bits per heavy atom. The summed E-state index contributed by atoms with van der Waals surface area (Å²) in [4.78, 5) is 36.6. The number of fused-ring (bicyclic) bond motifs is 1. The highest BCUT2D eigenvalue weighted by Crippen LogP contribution is 2.41. The normalized spacial score (nSPS) is 12.2. The molecule has 2 aromatic carbocycles. The molecule has 0 saturated heterocycles. The van der Waals surface area contributed by atoms with E-state index in [1.807, 2.05) is 37.4 Å². The number of hydrogen-bond donors (Lipinski definition) is 2. The summed E-state index contributed by atoms with van der Waals surface area (Å²) in [6.07, 6.45) is 3.73. The number of imidazole rings is 1. The zero-order valence-electron chi connectivity index (χ0n) is 24.1. The minimum absolute atomic E-state index is 0.0126. The average molecular weight is 544 g/mol. The maximum Gasteiger partial charge on any atom is 0.334 e. The number of aromatic nitrogens is 4. The van der Waals surface area contributed by atoms with E-state index < -0.39 is 0 Å². The van der Waals surface area contributed by atoms with Crippen LogP contribution in [0.15, 0.2) is 66.1 Å². The second-order valence-corrected chi connectivity index (χ2v) is 10.7. The number of aryl methyl sites for hydroxylation is 1. The Morgan fingerprint density at radius 2 is 1.88 bits per heavy atom. The van der Waals surface area contributed by atoms with Gasteiger partial charge < -0.3 is 20.3 Å². The van der Waals surface area contributed by atoms with Crippen LogP contribution in [-0.2, 0) is 11.8 Å². The van der Waals surface area contributed by atoms with Gasteiger partial charge in [-0.25, -0.2) is 14.3 Å². The summed E-state index contributed by atoms with van der Waals surface area (Å²) >= 11 is 0. The van der Waals surface area contributed by atoms with Crippen molar-refractivity contribution in [2.24, 2.45) is 12.5 Å². The van der Waals surface area contributed by atoms with Crippen LogP contribution in [0.3, 0.4) is 0 Å². The number of amides is 1. The van der Waals surface area contributed by atoms with Gasteiger partial charge in [0.25, 0.3) is 0 Å². The van der Waals surface area contributed by atoms with Gasteiger partial charge in [0.1, 0.15) is 11.6 Å². The fourth-order valence-electron chi connectivity index (χ4n) is 5.22. The molecule has 2 aromatic heterocycles. The smallest absolute Gasteiger partial charge is 0.334 e. The molecule has 2 N–H and O–H groups in total. The number of anilines is 4. The minimum Gasteiger partial charge on any atom is -0.494 e. The van der Waals surface area contributed by atoms with Crippen molar-refractivity contribution in [3.8, 4) is 11.6 Å². The molecular weight excluding hydrogens is 506 g/mol. The lowest BCUT2D eigenvalue weighted by Crippen LogP contribution is -2.41. The fraction of sp³-hybridized carbons (Fsp3) is 0.333. The molecule has 0 aliphatic heterocycles. The first kappa shape index (κ1) is 28.4. The van der Waals surface area contributed by atoms with Crippen molar-refractivity contribution in [3.63, 3.8) is 0 Å². The van der Waals surface area contributed by atoms with Gasteiger partial charge in [0.15, 0.2) is 0 Å². The van der Waals surface area contributed by atoms with E-state index in [0.717, 1.165) is 23.1 Å². The van der Waals surface area contributed by atoms with E-state index in [9.17, 15) is 9.59 Å². The third kappa shape index (κ3) is 5.42. The highest BCUT2D eigenvalue weighted by molar-refractivity contribution is 6.02. The molecule has 40 heavy (non-hydrogen) atoms. The highest BCUT2D eigenvalue weighted by atomic mass is 16.5. The summed E-state index contributed by atoms with van der Waals surface area (Å²) in [7, 11) is 5.33. The molecule has 0 radical (unpaired) electrons. The van der Waals surface area contributed by atoms with Crippen molar-refractivity contribution in [2.75, 3.05) is 29.7 Å². The van der Waals surface area contributed by atoms with Crippen LogP contribution in [-0.4, -0.2) is 45.2 Å². The largest absolute Gasteiger partial charge is 0.494 e. The molecule has 0 aliphatic rings. The van der Waals surface area contributed by atoms with Crippen LogP contribution >= 0.6 is 0 Å². The molecule has 10 nitrogen and oxygen atoms in total. The number of para-hydroxylation sites is 2. The van der Waals surface area contributed by atoms with Gasteiger partial charge in [0, 0.05) is 38.5 Å². The van der Waals surface area contributed by atoms with Crippen LogP contribution in [0.5, 0.6) is 5.75 Å². The molecule has 2 heterocycles. The molecule has 0 aliphatic carbocycles. The SMILES string of the molecule is C=CC(=O)Nc1cc(Nc2nccc(-n3c(=O)n(C)c4ccccc43)n2)c(OC)cc1N(C)C(CC)C(C)(C)C. The van der Waals surface area contributed by atoms with Gasteiger partial charge in [-0.05, 0) is 36.1 Å². The quantitative estimate of drug-likeness (QED) is 0.278. The topological polar surface area (TPSA) is 106 Å². The zero-order valence-corrected chi connectivity index (χ0v) is 24.1. The van der Waals surface area contributed by atoms with Crippen LogP contribution < -0.4 is 26.0 Å². The number of hydrogen-bond acceptors (Lipinski definition) is 7. The summed E-state index contributed by atoms with van der Waals surface area (Å²) in [6.45, 7) is 12.3. The maximum atomic E-state index is 13.1. The first-order chi connectivity index (χ1) is 19.0. The third-order valence-corrected chi connectivity index (χ3v) is 7.07. The molecule has 10 heteroatoms. The van der Waals surface area contributed by atoms with Crippen molar-refractivity contribution >= 4 is 40.0 Å². The Balaban J connectivity index is 1.79. The average Bonchev–Trinajstić information content (AvgIpc) is 3.18. The lowest BCUT2D eigenvalue weighted by molar-refractivity contribution is -0.111. The summed E-state index contributed by atoms with van der Waals surface area (Å²) in [5.74, 6) is 0.895. The predicted molar refractivity (Wildman–Crippen MR) is 161 cm³/mol. The Morgan fingerprint density at radius 3 is 2.50 bits per heavy atom. The molecule has 0 saturated carbocycles. The van der Waals surface area contributed by atoms with Crippen LogP contribution in [0, 0.1) is 5.41 Å². The number of carbonyl (C=O) groups excluding carboxylic acids is 1. The van der Waals surface area contributed by atoms with Gasteiger partial charge >= 0.3 is 5.69 Å². The number of nitrogens with zero attached hydrogens (tertiary/aromatic N) is 5. The van der Waals surface area contributed by atoms with Gasteiger partial charge in [-0.2, -0.15) is 4.98 Å². The van der Waals surface area contributed by atoms with Crippen LogP contribution in [0.1, 0.15) is 34.1 Å². The summed E-state index contributed by atoms with van der Waals surface area (Å²) in [6, 6.07) is 13.1. The number of carbonyl (C=O) groups is 1. The zero-order chi connectivity index (χ0) is 29.2. The lowest BCUT2D eigenvalue weighted by atomic mass is 9.84. The molecule has 0 spiro atoms. The molecule has 4 aromatic rings. The monoisotopic (exact) mass is 543 g/mol. The highest BCUT2D eigenvalue weighted by Gasteiger charge is 2.29. The van der Waals surface area contributed by atoms with E-state index in [1.165, 1.54) is 6.08 Å². The summed E-state index contributed by atoms with van der Waals surface area (Å²) in [5, 5.41) is 6.15. The Labute approximate surface area is 234 Å². The molecule has 1 atom stereocenters. The number of rotatable bonds is 9. The van der Waals surface area contributed by atoms with Crippen molar-refractivity contribution < 1.29 is 9.53 Å². The standard InChI is InChI=1S/C30H37N7O3/c1-9-25(30(3,4)5)35(6)23-18-24(40-8)20(17-19(23)32-27(38)10-2)33-28-31-16-15-26(34-28)37-22-14-12-11-13-21(22)36(7)29(37)39/h10-18,25H,2,9H2,1,3-8H3,(H,32,38)(H,31,33,34). The first-order valence-corrected chi connectivity index (χ1v) is 13.1. The van der Waals surface area contributed by atoms with E-state index in [4.69, 9.17) is 4.74 Å². The molecule has 0 fully saturated rings. The predicted octanol–water partition coefficient (Wildman–Crippen LogP) is 5.26. The van der Waals surface area contributed by atoms with Crippen LogP contribution in [0.4, 0.5) is 23.0 Å². The number of nitrogens with one attached hydrogen (secondary N) is 2. The Hall–Kier alpha value is -4.60. The van der Waals surface area contributed by atoms with E-state index in [1.54, 1.807) is 41.6 Å². The molecule has 0 bridgehead atoms. The number of ether oxygens (including phenoxy) is 1. The number of methoxy groups -OCH3 is 1. The van der Waals surface area contributed by atoms with Crippen LogP contribution in [0.2, 0.25) is 0 Å². The van der Waals surface area contributed by atoms with Crippen molar-refractivity contribution in [3.05, 3.63) is 71.8 Å². The Bertz CT molecular complexity index is 1610. The first-order valence-electron chi connectivity index (χ1n) is 13.1. The van der Waals surface area contributed by atoms with E-state index in [0.29, 0.717) is 22.9 Å². The van der Waals surface area contributed by atoms with E-state index in [-0.39, 0.29) is 29.0 Å². The Kier molecular flexibility index (Phi) is 7.99. The molecule has 1 amide bonds. The van der Waals surface area contributed by atoms with Crippen molar-refractivity contribution in [1.29, 1.82) is 0 Å². The second-order valence-electron chi connectivity index (χ2n) is 10.7. The van der Waals surface area contributed by atoms with Crippen LogP contribution in [0.25, 0.3) is 16.9 Å². The van der Waals surface area contributed by atoms with Crippen molar-refractivity contribution in [1.82, 2.24) is 19.1 Å². The van der Waals surface area contributed by atoms with Gasteiger partial charge in [0.05, 0.1) is 35.2 Å². The molecular formula is C30H37N7O3. The fourth-order valence-corrected chi connectivity index (χ4v) is 5.22. The molecule has 210 valence electrons. The molecule has 4 rings (SSSR count). The van der Waals surface area contributed by atoms with Gasteiger partial charge in [-0.3, -0.25) is 9.36 Å². The lowest BCUT2D eigenvalue weighted by Gasteiger charge is -2.40. The minimum atomic E-state index is -0.330. The summed E-state index contributed by atoms with van der Waals surface area (Å²) < 4.78 is 8.88. The van der Waals surface area contributed by atoms with E-state index >= 15 is 0 Å². The van der Waals surface area contributed by atoms with Gasteiger partial charge in [-0.1, -0.05) is 46.4 Å². The van der Waals surface area contributed by atoms with E-state index in [2.05, 4.69) is 59.8 Å². The van der Waals surface area contributed by atoms with Gasteiger partial charge in [0.2, 0.25) is 11.9 Å².